The van der Waals surface area contributed by atoms with Crippen LogP contribution in [-0.2, 0) is 20.3 Å². The van der Waals surface area contributed by atoms with Crippen molar-refractivity contribution in [1.29, 1.82) is 0 Å². The number of phosphoric ester groups is 1. The summed E-state index contributed by atoms with van der Waals surface area (Å²) in [5.41, 5.74) is 2.45. The van der Waals surface area contributed by atoms with Crippen molar-refractivity contribution >= 4 is 48.3 Å². The number of amides is 1. The lowest BCUT2D eigenvalue weighted by atomic mass is 10.0. The third-order valence-corrected chi connectivity index (χ3v) is 8.02. The highest BCUT2D eigenvalue weighted by Crippen LogP contribution is 2.41. The van der Waals surface area contributed by atoms with Gasteiger partial charge in [0.1, 0.15) is 12.0 Å². The summed E-state index contributed by atoms with van der Waals surface area (Å²) in [4.78, 5) is 36.8. The van der Waals surface area contributed by atoms with E-state index in [-0.39, 0.29) is 12.3 Å². The van der Waals surface area contributed by atoms with Crippen molar-refractivity contribution in [3.05, 3.63) is 52.0 Å². The Bertz CT molecular complexity index is 1160. The molecule has 0 bridgehead atoms. The Morgan fingerprint density at radius 3 is 2.51 bits per heavy atom. The molecule has 0 aliphatic carbocycles. The Hall–Kier alpha value is -1.84. The first-order valence-corrected chi connectivity index (χ1v) is 14.6. The van der Waals surface area contributed by atoms with Gasteiger partial charge in [-0.25, -0.2) is 4.57 Å². The molecular weight excluding hydrogens is 540 g/mol. The molecule has 2 aromatic carbocycles. The largest absolute Gasteiger partial charge is 0.494 e. The minimum absolute atomic E-state index is 0.247. The van der Waals surface area contributed by atoms with Gasteiger partial charge in [0, 0.05) is 38.7 Å². The summed E-state index contributed by atoms with van der Waals surface area (Å²) >= 11 is 12.5. The van der Waals surface area contributed by atoms with Crippen LogP contribution in [0.2, 0.25) is 10.0 Å². The summed E-state index contributed by atoms with van der Waals surface area (Å²) < 4.78 is 22.0. The van der Waals surface area contributed by atoms with Crippen LogP contribution in [0.15, 0.2) is 36.4 Å². The molecule has 2 aliphatic rings. The van der Waals surface area contributed by atoms with E-state index in [0.29, 0.717) is 34.5 Å². The second-order valence-corrected chi connectivity index (χ2v) is 11.2. The minimum Gasteiger partial charge on any atom is -0.494 e. The van der Waals surface area contributed by atoms with E-state index in [1.807, 2.05) is 24.3 Å². The van der Waals surface area contributed by atoms with E-state index < -0.39 is 14.1 Å². The molecule has 1 amide bonds. The summed E-state index contributed by atoms with van der Waals surface area (Å²) in [6.45, 7) is 6.64. The molecular formula is C25H32Cl2N3O6P. The summed E-state index contributed by atoms with van der Waals surface area (Å²) in [5.74, 6) is 0.358. The molecule has 0 aromatic heterocycles. The maximum Gasteiger partial charge on any atom is 0.471 e. The van der Waals surface area contributed by atoms with Gasteiger partial charge in [-0.1, -0.05) is 35.3 Å². The number of halogens is 2. The molecule has 0 radical (unpaired) electrons. The fourth-order valence-corrected chi connectivity index (χ4v) is 5.69. The third-order valence-electron chi connectivity index (χ3n) is 6.63. The van der Waals surface area contributed by atoms with Gasteiger partial charge in [-0.15, -0.1) is 0 Å². The number of nitrogens with zero attached hydrogens (tertiary/aromatic N) is 3. The van der Waals surface area contributed by atoms with E-state index in [9.17, 15) is 9.36 Å². The monoisotopic (exact) mass is 571 g/mol. The molecule has 37 heavy (non-hydrogen) atoms. The lowest BCUT2D eigenvalue weighted by molar-refractivity contribution is -0.120. The summed E-state index contributed by atoms with van der Waals surface area (Å²) in [6, 6.07) is 11.2. The van der Waals surface area contributed by atoms with Gasteiger partial charge in [0.25, 0.3) is 0 Å². The fraction of sp³-hybridized carbons (Fsp3) is 0.480. The standard InChI is InChI=1S/C25H32Cl2N3O6P/c1-18(36-37(32,33)34)30-23-17-20(9-7-19(23)8-10-24(30)31)35-16-3-2-11-28-12-14-29(15-13-28)22-6-4-5-21(26)25(22)27/h4-7,9,17-18H,2-3,8,10-16H2,1H3,(H2,32,33,34). The Labute approximate surface area is 227 Å². The van der Waals surface area contributed by atoms with Crippen LogP contribution >= 0.6 is 31.0 Å². The second kappa shape index (κ2) is 12.3. The van der Waals surface area contributed by atoms with Crippen LogP contribution in [0.1, 0.15) is 31.7 Å². The van der Waals surface area contributed by atoms with Gasteiger partial charge < -0.3 is 19.4 Å². The molecule has 1 unspecified atom stereocenters. The minimum atomic E-state index is -4.74. The molecule has 0 spiro atoms. The summed E-state index contributed by atoms with van der Waals surface area (Å²) in [7, 11) is -4.74. The number of carbonyl (C=O) groups is 1. The van der Waals surface area contributed by atoms with Gasteiger partial charge in [0.2, 0.25) is 5.91 Å². The number of hydrogen-bond donors (Lipinski definition) is 2. The second-order valence-electron chi connectivity index (χ2n) is 9.21. The van der Waals surface area contributed by atoms with E-state index in [1.165, 1.54) is 11.8 Å². The van der Waals surface area contributed by atoms with E-state index in [4.69, 9.17) is 42.2 Å². The maximum absolute atomic E-state index is 12.5. The zero-order valence-corrected chi connectivity index (χ0v) is 23.1. The lowest BCUT2D eigenvalue weighted by Gasteiger charge is -2.36. The normalized spacial score (nSPS) is 17.6. The topological polar surface area (TPSA) is 103 Å². The first kappa shape index (κ1) is 28.2. The maximum atomic E-state index is 12.5. The van der Waals surface area contributed by atoms with Crippen molar-refractivity contribution in [2.45, 2.75) is 38.8 Å². The van der Waals surface area contributed by atoms with Gasteiger partial charge in [-0.3, -0.25) is 19.1 Å². The fourth-order valence-electron chi connectivity index (χ4n) is 4.79. The first-order chi connectivity index (χ1) is 17.6. The van der Waals surface area contributed by atoms with Crippen molar-refractivity contribution in [3.63, 3.8) is 0 Å². The van der Waals surface area contributed by atoms with E-state index in [2.05, 4.69) is 9.80 Å². The number of unbranched alkanes of at least 4 members (excludes halogenated alkanes) is 1. The Morgan fingerprint density at radius 2 is 1.78 bits per heavy atom. The average molecular weight is 572 g/mol. The molecule has 2 aromatic rings. The molecule has 2 heterocycles. The Morgan fingerprint density at radius 1 is 1.03 bits per heavy atom. The van der Waals surface area contributed by atoms with Gasteiger partial charge in [0.05, 0.1) is 28.0 Å². The number of fused-ring (bicyclic) bond motifs is 1. The third kappa shape index (κ3) is 7.39. The number of anilines is 2. The number of aryl methyl sites for hydroxylation is 1. The quantitative estimate of drug-likeness (QED) is 0.312. The smallest absolute Gasteiger partial charge is 0.471 e. The van der Waals surface area contributed by atoms with Crippen LogP contribution in [-0.4, -0.2) is 66.2 Å². The molecule has 0 saturated carbocycles. The van der Waals surface area contributed by atoms with E-state index in [1.54, 1.807) is 12.1 Å². The van der Waals surface area contributed by atoms with E-state index in [0.717, 1.165) is 56.8 Å². The molecule has 12 heteroatoms. The number of benzene rings is 2. The number of ether oxygens (including phenoxy) is 1. The van der Waals surface area contributed by atoms with Crippen molar-refractivity contribution in [2.24, 2.45) is 0 Å². The van der Waals surface area contributed by atoms with E-state index >= 15 is 0 Å². The SMILES string of the molecule is CC(OP(=O)(O)O)N1C(=O)CCc2ccc(OCCCCN3CCN(c4cccc(Cl)c4Cl)CC3)cc21. The zero-order valence-electron chi connectivity index (χ0n) is 20.7. The Kier molecular flexibility index (Phi) is 9.40. The molecule has 1 saturated heterocycles. The highest BCUT2D eigenvalue weighted by Gasteiger charge is 2.32. The summed E-state index contributed by atoms with van der Waals surface area (Å²) in [6.07, 6.45) is 1.57. The average Bonchev–Trinajstić information content (AvgIpc) is 2.84. The van der Waals surface area contributed by atoms with Gasteiger partial charge in [-0.2, -0.15) is 0 Å². The number of piperazine rings is 1. The molecule has 1 fully saturated rings. The van der Waals surface area contributed by atoms with Crippen LogP contribution < -0.4 is 14.5 Å². The van der Waals surface area contributed by atoms with Gasteiger partial charge in [-0.05, 0) is 56.5 Å². The van der Waals surface area contributed by atoms with Crippen molar-refractivity contribution in [1.82, 2.24) is 4.90 Å². The van der Waals surface area contributed by atoms with Crippen molar-refractivity contribution < 1.29 is 28.4 Å². The molecule has 1 atom stereocenters. The zero-order chi connectivity index (χ0) is 26.6. The van der Waals surface area contributed by atoms with Crippen LogP contribution in [0.4, 0.5) is 11.4 Å². The lowest BCUT2D eigenvalue weighted by Crippen LogP contribution is -2.46. The first-order valence-electron chi connectivity index (χ1n) is 12.4. The van der Waals surface area contributed by atoms with Crippen molar-refractivity contribution in [2.75, 3.05) is 49.1 Å². The number of rotatable bonds is 10. The molecule has 2 aliphatic heterocycles. The Balaban J connectivity index is 1.23. The highest BCUT2D eigenvalue weighted by molar-refractivity contribution is 7.46. The van der Waals surface area contributed by atoms with Crippen LogP contribution in [0.3, 0.4) is 0 Å². The predicted octanol–water partition coefficient (Wildman–Crippen LogP) is 4.71. The van der Waals surface area contributed by atoms with Gasteiger partial charge >= 0.3 is 7.82 Å². The highest BCUT2D eigenvalue weighted by atomic mass is 35.5. The van der Waals surface area contributed by atoms with Crippen LogP contribution in [0.5, 0.6) is 5.75 Å². The molecule has 202 valence electrons. The number of phosphoric acid groups is 1. The number of carbonyl (C=O) groups excluding carboxylic acids is 1. The van der Waals surface area contributed by atoms with Crippen LogP contribution in [0.25, 0.3) is 0 Å². The predicted molar refractivity (Wildman–Crippen MR) is 145 cm³/mol. The summed E-state index contributed by atoms with van der Waals surface area (Å²) in [5, 5.41) is 1.18. The van der Waals surface area contributed by atoms with Gasteiger partial charge in [0.15, 0.2) is 0 Å². The molecule has 4 rings (SSSR count). The van der Waals surface area contributed by atoms with Crippen LogP contribution in [0, 0.1) is 0 Å². The number of hydrogen-bond acceptors (Lipinski definition) is 6. The van der Waals surface area contributed by atoms with Crippen molar-refractivity contribution in [3.8, 4) is 5.75 Å². The molecule has 2 N–H and O–H groups in total. The molecule has 9 nitrogen and oxygen atoms in total.